The summed E-state index contributed by atoms with van der Waals surface area (Å²) < 4.78 is 1.81. The number of rotatable bonds is 4. The van der Waals surface area contributed by atoms with Crippen molar-refractivity contribution in [2.75, 3.05) is 5.32 Å². The van der Waals surface area contributed by atoms with E-state index in [1.807, 2.05) is 36.1 Å². The Morgan fingerprint density at radius 2 is 1.91 bits per heavy atom. The number of nitrogens with one attached hydrogen (secondary N) is 1. The summed E-state index contributed by atoms with van der Waals surface area (Å²) in [5.74, 6) is -0.842. The number of aromatic nitrogens is 2. The summed E-state index contributed by atoms with van der Waals surface area (Å²) in [5, 5.41) is 17.2. The first kappa shape index (κ1) is 14.6. The molecule has 0 spiro atoms. The lowest BCUT2D eigenvalue weighted by Gasteiger charge is -2.27. The van der Waals surface area contributed by atoms with Gasteiger partial charge >= 0.3 is 5.97 Å². The Morgan fingerprint density at radius 3 is 2.55 bits per heavy atom. The predicted molar refractivity (Wildman–Crippen MR) is 85.6 cm³/mol. The molecule has 0 saturated heterocycles. The first-order valence-corrected chi connectivity index (χ1v) is 7.72. The maximum atomic E-state index is 11.0. The zero-order valence-electron chi connectivity index (χ0n) is 12.7. The number of carboxylic acid groups (broad SMARTS) is 1. The molecule has 2 N–H and O–H groups in total. The van der Waals surface area contributed by atoms with Crippen molar-refractivity contribution >= 4 is 11.7 Å². The molecular weight excluding hydrogens is 278 g/mol. The largest absolute Gasteiger partial charge is 0.481 e. The van der Waals surface area contributed by atoms with Crippen molar-refractivity contribution in [3.05, 3.63) is 36.5 Å². The lowest BCUT2D eigenvalue weighted by molar-refractivity contribution is -0.142. The Kier molecular flexibility index (Phi) is 4.13. The Hall–Kier alpha value is -2.30. The van der Waals surface area contributed by atoms with E-state index in [0.29, 0.717) is 6.04 Å². The lowest BCUT2D eigenvalue weighted by atomic mass is 9.86. The highest BCUT2D eigenvalue weighted by Crippen LogP contribution is 2.31. The average Bonchev–Trinajstić information content (AvgIpc) is 2.89. The minimum absolute atomic E-state index is 0.180. The molecule has 1 aliphatic rings. The van der Waals surface area contributed by atoms with E-state index in [4.69, 9.17) is 5.11 Å². The van der Waals surface area contributed by atoms with E-state index in [-0.39, 0.29) is 5.92 Å². The first-order valence-electron chi connectivity index (χ1n) is 7.72. The van der Waals surface area contributed by atoms with Gasteiger partial charge in [-0.05, 0) is 25.7 Å². The van der Waals surface area contributed by atoms with Crippen molar-refractivity contribution in [1.29, 1.82) is 0 Å². The molecule has 1 aliphatic carbocycles. The summed E-state index contributed by atoms with van der Waals surface area (Å²) in [6, 6.07) is 10.4. The van der Waals surface area contributed by atoms with Crippen LogP contribution in [0, 0.1) is 5.92 Å². The van der Waals surface area contributed by atoms with Gasteiger partial charge in [-0.25, -0.2) is 0 Å². The number of hydrogen-bond acceptors (Lipinski definition) is 3. The Bertz CT molecular complexity index is 643. The van der Waals surface area contributed by atoms with Crippen molar-refractivity contribution in [3.63, 3.8) is 0 Å². The van der Waals surface area contributed by atoms with E-state index < -0.39 is 5.97 Å². The van der Waals surface area contributed by atoms with Crippen LogP contribution in [0.4, 0.5) is 5.69 Å². The fourth-order valence-corrected chi connectivity index (χ4v) is 3.11. The van der Waals surface area contributed by atoms with E-state index >= 15 is 0 Å². The van der Waals surface area contributed by atoms with Gasteiger partial charge in [0.15, 0.2) is 0 Å². The molecule has 5 heteroatoms. The second kappa shape index (κ2) is 6.22. The normalized spacial score (nSPS) is 21.5. The van der Waals surface area contributed by atoms with Crippen LogP contribution in [0.1, 0.15) is 25.7 Å². The standard InChI is InChI=1S/C17H21N3O2/c1-20-11-15(16(19-20)12-5-3-2-4-6-12)18-14-9-7-13(8-10-14)17(21)22/h2-6,11,13-14,18H,7-10H2,1H3,(H,21,22). The molecule has 2 aromatic rings. The van der Waals surface area contributed by atoms with Gasteiger partial charge in [-0.2, -0.15) is 5.10 Å². The quantitative estimate of drug-likeness (QED) is 0.910. The van der Waals surface area contributed by atoms with Gasteiger partial charge in [-0.3, -0.25) is 9.48 Å². The van der Waals surface area contributed by atoms with Crippen LogP contribution in [0.5, 0.6) is 0 Å². The summed E-state index contributed by atoms with van der Waals surface area (Å²) in [7, 11) is 1.92. The van der Waals surface area contributed by atoms with Crippen LogP contribution in [0.15, 0.2) is 36.5 Å². The van der Waals surface area contributed by atoms with Crippen molar-refractivity contribution in [2.24, 2.45) is 13.0 Å². The third-order valence-corrected chi connectivity index (χ3v) is 4.31. The smallest absolute Gasteiger partial charge is 0.306 e. The molecule has 1 aromatic carbocycles. The molecule has 1 saturated carbocycles. The van der Waals surface area contributed by atoms with Gasteiger partial charge in [0.1, 0.15) is 5.69 Å². The van der Waals surface area contributed by atoms with E-state index in [1.165, 1.54) is 0 Å². The fourth-order valence-electron chi connectivity index (χ4n) is 3.11. The molecule has 0 radical (unpaired) electrons. The van der Waals surface area contributed by atoms with Gasteiger partial charge in [0.2, 0.25) is 0 Å². The van der Waals surface area contributed by atoms with Crippen LogP contribution >= 0.6 is 0 Å². The van der Waals surface area contributed by atoms with Gasteiger partial charge in [-0.1, -0.05) is 30.3 Å². The number of nitrogens with zero attached hydrogens (tertiary/aromatic N) is 2. The summed E-state index contributed by atoms with van der Waals surface area (Å²) in [5.41, 5.74) is 3.06. The topological polar surface area (TPSA) is 67.2 Å². The number of carbonyl (C=O) groups is 1. The van der Waals surface area contributed by atoms with E-state index in [0.717, 1.165) is 42.6 Å². The maximum Gasteiger partial charge on any atom is 0.306 e. The van der Waals surface area contributed by atoms with Crippen LogP contribution in [-0.2, 0) is 11.8 Å². The highest BCUT2D eigenvalue weighted by molar-refractivity contribution is 5.74. The van der Waals surface area contributed by atoms with Crippen molar-refractivity contribution in [1.82, 2.24) is 9.78 Å². The molecule has 1 heterocycles. The lowest BCUT2D eigenvalue weighted by Crippen LogP contribution is -2.29. The zero-order valence-corrected chi connectivity index (χ0v) is 12.7. The summed E-state index contributed by atoms with van der Waals surface area (Å²) in [6.45, 7) is 0. The molecule has 22 heavy (non-hydrogen) atoms. The first-order chi connectivity index (χ1) is 10.6. The molecule has 116 valence electrons. The van der Waals surface area contributed by atoms with Gasteiger partial charge in [0, 0.05) is 24.8 Å². The fraction of sp³-hybridized carbons (Fsp3) is 0.412. The molecule has 0 bridgehead atoms. The number of aliphatic carboxylic acids is 1. The molecule has 1 aromatic heterocycles. The Labute approximate surface area is 130 Å². The molecule has 0 amide bonds. The summed E-state index contributed by atoms with van der Waals surface area (Å²) in [6.07, 6.45) is 5.26. The minimum atomic E-state index is -0.662. The number of aryl methyl sites for hydroxylation is 1. The molecule has 5 nitrogen and oxygen atoms in total. The number of carboxylic acids is 1. The van der Waals surface area contributed by atoms with Gasteiger partial charge < -0.3 is 10.4 Å². The van der Waals surface area contributed by atoms with E-state index in [9.17, 15) is 4.79 Å². The second-order valence-corrected chi connectivity index (χ2v) is 5.96. The predicted octanol–water partition coefficient (Wildman–Crippen LogP) is 3.14. The highest BCUT2D eigenvalue weighted by Gasteiger charge is 2.26. The summed E-state index contributed by atoms with van der Waals surface area (Å²) >= 11 is 0. The zero-order chi connectivity index (χ0) is 15.5. The Balaban J connectivity index is 1.73. The molecule has 3 rings (SSSR count). The van der Waals surface area contributed by atoms with Crippen LogP contribution in [0.3, 0.4) is 0 Å². The average molecular weight is 299 g/mol. The maximum absolute atomic E-state index is 11.0. The van der Waals surface area contributed by atoms with Crippen molar-refractivity contribution in [3.8, 4) is 11.3 Å². The van der Waals surface area contributed by atoms with Gasteiger partial charge in [0.05, 0.1) is 11.6 Å². The molecule has 1 fully saturated rings. The summed E-state index contributed by atoms with van der Waals surface area (Å²) in [4.78, 5) is 11.0. The number of anilines is 1. The van der Waals surface area contributed by atoms with Gasteiger partial charge in [-0.15, -0.1) is 0 Å². The molecule has 0 atom stereocenters. The van der Waals surface area contributed by atoms with Gasteiger partial charge in [0.25, 0.3) is 0 Å². The molecule has 0 aliphatic heterocycles. The highest BCUT2D eigenvalue weighted by atomic mass is 16.4. The van der Waals surface area contributed by atoms with Crippen LogP contribution in [-0.4, -0.2) is 26.9 Å². The van der Waals surface area contributed by atoms with Crippen LogP contribution < -0.4 is 5.32 Å². The monoisotopic (exact) mass is 299 g/mol. The number of hydrogen-bond donors (Lipinski definition) is 2. The third kappa shape index (κ3) is 3.13. The van der Waals surface area contributed by atoms with Crippen molar-refractivity contribution < 1.29 is 9.90 Å². The van der Waals surface area contributed by atoms with Crippen molar-refractivity contribution in [2.45, 2.75) is 31.7 Å². The second-order valence-electron chi connectivity index (χ2n) is 5.96. The SMILES string of the molecule is Cn1cc(NC2CCC(C(=O)O)CC2)c(-c2ccccc2)n1. The number of benzene rings is 1. The van der Waals surface area contributed by atoms with Crippen LogP contribution in [0.25, 0.3) is 11.3 Å². The van der Waals surface area contributed by atoms with E-state index in [1.54, 1.807) is 0 Å². The third-order valence-electron chi connectivity index (χ3n) is 4.31. The molecular formula is C17H21N3O2. The van der Waals surface area contributed by atoms with E-state index in [2.05, 4.69) is 22.5 Å². The Morgan fingerprint density at radius 1 is 1.23 bits per heavy atom. The minimum Gasteiger partial charge on any atom is -0.481 e. The molecule has 0 unspecified atom stereocenters. The van der Waals surface area contributed by atoms with Crippen LogP contribution in [0.2, 0.25) is 0 Å².